The van der Waals surface area contributed by atoms with Crippen LogP contribution in [-0.2, 0) is 4.79 Å². The molecule has 3 aromatic rings. The van der Waals surface area contributed by atoms with Crippen molar-refractivity contribution in [3.05, 3.63) is 35.9 Å². The zero-order valence-electron chi connectivity index (χ0n) is 11.7. The van der Waals surface area contributed by atoms with Crippen LogP contribution >= 0.6 is 0 Å². The minimum Gasteiger partial charge on any atom is -0.508 e. The van der Waals surface area contributed by atoms with Gasteiger partial charge in [0.15, 0.2) is 11.5 Å². The molecule has 2 N–H and O–H groups in total. The summed E-state index contributed by atoms with van der Waals surface area (Å²) in [5.41, 5.74) is 0.837. The van der Waals surface area contributed by atoms with Crippen LogP contribution in [0.3, 0.4) is 0 Å². The van der Waals surface area contributed by atoms with Crippen LogP contribution < -0.4 is 14.8 Å². The van der Waals surface area contributed by atoms with Crippen molar-refractivity contribution in [2.45, 2.75) is 0 Å². The Labute approximate surface area is 129 Å². The number of Topliss-reactive ketones (excluding diaryl/α,β-unsaturated/α-hetero) is 1. The first-order valence-corrected chi connectivity index (χ1v) is 7.01. The van der Waals surface area contributed by atoms with E-state index in [0.29, 0.717) is 28.0 Å². The summed E-state index contributed by atoms with van der Waals surface area (Å²) >= 11 is 0. The fraction of sp³-hybridized carbons (Fsp3) is 0.0588. The van der Waals surface area contributed by atoms with Crippen LogP contribution in [0.25, 0.3) is 21.5 Å². The van der Waals surface area contributed by atoms with Gasteiger partial charge in [-0.2, -0.15) is 0 Å². The van der Waals surface area contributed by atoms with Crippen LogP contribution in [0, 0.1) is 0 Å². The standard InChI is InChI=1S/C17H9NO5/c19-8-2-1-7-3-11-13-10(15(20)17(21)18-11)5-12-16(23-6-22-12)14(13)9(7)4-8/h1-5,19H,6H2,(H,18,21). The van der Waals surface area contributed by atoms with Crippen molar-refractivity contribution < 1.29 is 24.2 Å². The van der Waals surface area contributed by atoms with E-state index in [1.165, 1.54) is 0 Å². The summed E-state index contributed by atoms with van der Waals surface area (Å²) in [6.07, 6.45) is 0. The number of ketones is 1. The predicted octanol–water partition coefficient (Wildman–Crippen LogP) is 2.56. The SMILES string of the molecule is O=C1Nc2cc3ccc(O)cc3c3c4c(cc(c23)C1=O)OCO4. The average Bonchev–Trinajstić information content (AvgIpc) is 3.00. The minimum absolute atomic E-state index is 0.0496. The number of nitrogens with one attached hydrogen (secondary N) is 1. The number of anilines is 1. The number of carbonyl (C=O) groups excluding carboxylic acids is 2. The Kier molecular flexibility index (Phi) is 2.09. The summed E-state index contributed by atoms with van der Waals surface area (Å²) in [5, 5.41) is 15.3. The molecule has 0 bridgehead atoms. The van der Waals surface area contributed by atoms with Crippen LogP contribution in [0.4, 0.5) is 5.69 Å². The molecule has 112 valence electrons. The minimum atomic E-state index is -0.671. The number of aromatic hydroxyl groups is 1. The monoisotopic (exact) mass is 307 g/mol. The summed E-state index contributed by atoms with van der Waals surface area (Å²) < 4.78 is 11.0. The molecule has 5 rings (SSSR count). The third kappa shape index (κ3) is 1.47. The summed E-state index contributed by atoms with van der Waals surface area (Å²) in [7, 11) is 0. The maximum absolute atomic E-state index is 12.2. The van der Waals surface area contributed by atoms with Crippen LogP contribution in [0.5, 0.6) is 17.2 Å². The topological polar surface area (TPSA) is 84.9 Å². The van der Waals surface area contributed by atoms with Crippen molar-refractivity contribution in [2.75, 3.05) is 12.1 Å². The highest BCUT2D eigenvalue weighted by molar-refractivity contribution is 6.52. The molecule has 0 spiro atoms. The molecule has 2 aliphatic rings. The number of hydrogen-bond donors (Lipinski definition) is 2. The third-order valence-corrected chi connectivity index (χ3v) is 4.24. The van der Waals surface area contributed by atoms with Gasteiger partial charge in [0.1, 0.15) is 5.75 Å². The van der Waals surface area contributed by atoms with Crippen molar-refractivity contribution in [3.63, 3.8) is 0 Å². The quantitative estimate of drug-likeness (QED) is 0.492. The number of phenols is 1. The molecule has 0 unspecified atom stereocenters. The van der Waals surface area contributed by atoms with Gasteiger partial charge in [0.25, 0.3) is 11.7 Å². The van der Waals surface area contributed by atoms with Crippen molar-refractivity contribution in [1.82, 2.24) is 0 Å². The van der Waals surface area contributed by atoms with E-state index in [0.717, 1.165) is 10.8 Å². The molecule has 6 heteroatoms. The molecule has 1 amide bonds. The van der Waals surface area contributed by atoms with Gasteiger partial charge in [-0.25, -0.2) is 0 Å². The van der Waals surface area contributed by atoms with Crippen LogP contribution in [0.2, 0.25) is 0 Å². The molecular weight excluding hydrogens is 298 g/mol. The number of phenolic OH excluding ortho intramolecular Hbond substituents is 1. The van der Waals surface area contributed by atoms with E-state index in [1.54, 1.807) is 30.3 Å². The fourth-order valence-corrected chi connectivity index (χ4v) is 3.27. The number of fused-ring (bicyclic) bond motifs is 4. The van der Waals surface area contributed by atoms with Crippen molar-refractivity contribution in [3.8, 4) is 17.2 Å². The van der Waals surface area contributed by atoms with E-state index < -0.39 is 11.7 Å². The fourth-order valence-electron chi connectivity index (χ4n) is 3.27. The number of amides is 1. The number of carbonyl (C=O) groups is 2. The van der Waals surface area contributed by atoms with Crippen molar-refractivity contribution in [2.24, 2.45) is 0 Å². The molecule has 0 fully saturated rings. The lowest BCUT2D eigenvalue weighted by Gasteiger charge is -2.19. The van der Waals surface area contributed by atoms with E-state index in [4.69, 9.17) is 9.47 Å². The lowest BCUT2D eigenvalue weighted by molar-refractivity contribution is -0.112. The molecule has 0 saturated carbocycles. The highest BCUT2D eigenvalue weighted by Gasteiger charge is 2.32. The molecule has 2 aliphatic heterocycles. The van der Waals surface area contributed by atoms with Gasteiger partial charge in [-0.15, -0.1) is 0 Å². The molecule has 0 saturated heterocycles. The van der Waals surface area contributed by atoms with E-state index in [2.05, 4.69) is 5.32 Å². The molecular formula is C17H9NO5. The van der Waals surface area contributed by atoms with Crippen LogP contribution in [0.15, 0.2) is 30.3 Å². The van der Waals surface area contributed by atoms with Gasteiger partial charge in [0, 0.05) is 16.3 Å². The van der Waals surface area contributed by atoms with E-state index in [9.17, 15) is 14.7 Å². The van der Waals surface area contributed by atoms with Crippen LogP contribution in [0.1, 0.15) is 10.4 Å². The molecule has 0 atom stereocenters. The summed E-state index contributed by atoms with van der Waals surface area (Å²) in [6.45, 7) is 0.0496. The Bertz CT molecular complexity index is 1070. The van der Waals surface area contributed by atoms with E-state index in [-0.39, 0.29) is 18.1 Å². The molecule has 0 aliphatic carbocycles. The van der Waals surface area contributed by atoms with Gasteiger partial charge >= 0.3 is 0 Å². The zero-order chi connectivity index (χ0) is 15.7. The second-order valence-corrected chi connectivity index (χ2v) is 5.52. The second-order valence-electron chi connectivity index (χ2n) is 5.52. The smallest absolute Gasteiger partial charge is 0.296 e. The van der Waals surface area contributed by atoms with Gasteiger partial charge in [-0.3, -0.25) is 9.59 Å². The number of hydrogen-bond acceptors (Lipinski definition) is 5. The maximum Gasteiger partial charge on any atom is 0.296 e. The first-order chi connectivity index (χ1) is 11.1. The molecule has 2 heterocycles. The molecule has 0 radical (unpaired) electrons. The van der Waals surface area contributed by atoms with Gasteiger partial charge < -0.3 is 19.9 Å². The molecule has 0 aromatic heterocycles. The second kappa shape index (κ2) is 3.92. The highest BCUT2D eigenvalue weighted by Crippen LogP contribution is 2.48. The van der Waals surface area contributed by atoms with Crippen molar-refractivity contribution >= 4 is 38.9 Å². The number of ether oxygens (including phenoxy) is 2. The summed E-state index contributed by atoms with van der Waals surface area (Å²) in [6, 6.07) is 8.26. The Morgan fingerprint density at radius 2 is 1.91 bits per heavy atom. The molecule has 6 nitrogen and oxygen atoms in total. The lowest BCUT2D eigenvalue weighted by atomic mass is 9.91. The Balaban J connectivity index is 2.09. The predicted molar refractivity (Wildman–Crippen MR) is 82.2 cm³/mol. The summed E-state index contributed by atoms with van der Waals surface area (Å²) in [4.78, 5) is 24.2. The Hall–Kier alpha value is -3.28. The lowest BCUT2D eigenvalue weighted by Crippen LogP contribution is -2.27. The molecule has 23 heavy (non-hydrogen) atoms. The Morgan fingerprint density at radius 1 is 1.04 bits per heavy atom. The van der Waals surface area contributed by atoms with Crippen molar-refractivity contribution in [1.29, 1.82) is 0 Å². The summed E-state index contributed by atoms with van der Waals surface area (Å²) in [5.74, 6) is -0.226. The number of benzene rings is 3. The zero-order valence-corrected chi connectivity index (χ0v) is 11.7. The van der Waals surface area contributed by atoms with Gasteiger partial charge in [-0.1, -0.05) is 6.07 Å². The average molecular weight is 307 g/mol. The normalized spacial score (nSPS) is 15.3. The number of rotatable bonds is 0. The molecule has 3 aromatic carbocycles. The first kappa shape index (κ1) is 12.3. The Morgan fingerprint density at radius 3 is 2.78 bits per heavy atom. The first-order valence-electron chi connectivity index (χ1n) is 7.01. The van der Waals surface area contributed by atoms with Crippen LogP contribution in [-0.4, -0.2) is 23.6 Å². The third-order valence-electron chi connectivity index (χ3n) is 4.24. The maximum atomic E-state index is 12.2. The van der Waals surface area contributed by atoms with E-state index >= 15 is 0 Å². The van der Waals surface area contributed by atoms with Gasteiger partial charge in [0.2, 0.25) is 6.79 Å². The van der Waals surface area contributed by atoms with E-state index in [1.807, 2.05) is 0 Å². The highest BCUT2D eigenvalue weighted by atomic mass is 16.7. The van der Waals surface area contributed by atoms with Gasteiger partial charge in [0.05, 0.1) is 5.69 Å². The van der Waals surface area contributed by atoms with Gasteiger partial charge in [-0.05, 0) is 35.0 Å². The largest absolute Gasteiger partial charge is 0.508 e.